The van der Waals surface area contributed by atoms with Gasteiger partial charge in [0.15, 0.2) is 0 Å². The highest BCUT2D eigenvalue weighted by Gasteiger charge is 2.16. The minimum Gasteiger partial charge on any atom is -0.389 e. The minimum atomic E-state index is -0.264. The summed E-state index contributed by atoms with van der Waals surface area (Å²) in [6.45, 7) is 1.94. The number of halogens is 1. The molecule has 0 fully saturated rings. The molecule has 0 saturated carbocycles. The fourth-order valence-corrected chi connectivity index (χ4v) is 2.36. The maximum atomic E-state index is 12.4. The van der Waals surface area contributed by atoms with Crippen LogP contribution in [0.15, 0.2) is 24.4 Å². The standard InChI is InChI=1S/C14H15ClN4OS/c1-3-11-10(7-19(2)18-11)14(20)17-12-6-8(15)4-5-9(12)13(16)21/h4-7H,3H2,1-2H3,(H2,16,21)(H,17,20). The molecule has 21 heavy (non-hydrogen) atoms. The van der Waals surface area contributed by atoms with Gasteiger partial charge in [-0.25, -0.2) is 0 Å². The number of thiocarbonyl (C=S) groups is 1. The van der Waals surface area contributed by atoms with Crippen LogP contribution in [0.3, 0.4) is 0 Å². The minimum absolute atomic E-state index is 0.198. The number of aryl methyl sites for hydroxylation is 2. The van der Waals surface area contributed by atoms with Gasteiger partial charge in [-0.1, -0.05) is 30.7 Å². The molecule has 3 N–H and O–H groups in total. The van der Waals surface area contributed by atoms with Crippen LogP contribution in [0.25, 0.3) is 0 Å². The van der Waals surface area contributed by atoms with E-state index in [9.17, 15) is 4.79 Å². The van der Waals surface area contributed by atoms with E-state index in [0.29, 0.717) is 28.3 Å². The predicted octanol–water partition coefficient (Wildman–Crippen LogP) is 2.52. The molecule has 0 aliphatic heterocycles. The van der Waals surface area contributed by atoms with E-state index in [0.717, 1.165) is 5.69 Å². The molecule has 5 nitrogen and oxygen atoms in total. The van der Waals surface area contributed by atoms with Crippen LogP contribution in [0.2, 0.25) is 5.02 Å². The van der Waals surface area contributed by atoms with Crippen molar-refractivity contribution in [2.45, 2.75) is 13.3 Å². The lowest BCUT2D eigenvalue weighted by Gasteiger charge is -2.10. The second kappa shape index (κ2) is 6.24. The predicted molar refractivity (Wildman–Crippen MR) is 87.9 cm³/mol. The summed E-state index contributed by atoms with van der Waals surface area (Å²) >= 11 is 10.9. The van der Waals surface area contributed by atoms with E-state index >= 15 is 0 Å². The molecule has 2 rings (SSSR count). The molecule has 0 bridgehead atoms. The second-order valence-corrected chi connectivity index (χ2v) is 5.40. The number of amides is 1. The quantitative estimate of drug-likeness (QED) is 0.848. The summed E-state index contributed by atoms with van der Waals surface area (Å²) in [6, 6.07) is 4.98. The number of rotatable bonds is 4. The molecule has 0 saturated heterocycles. The SMILES string of the molecule is CCc1nn(C)cc1C(=O)Nc1cc(Cl)ccc1C(N)=S. The number of nitrogens with one attached hydrogen (secondary N) is 1. The Hall–Kier alpha value is -1.92. The highest BCUT2D eigenvalue weighted by atomic mass is 35.5. The van der Waals surface area contributed by atoms with E-state index in [4.69, 9.17) is 29.6 Å². The van der Waals surface area contributed by atoms with Gasteiger partial charge < -0.3 is 11.1 Å². The number of nitrogens with two attached hydrogens (primary N) is 1. The Morgan fingerprint density at radius 1 is 1.48 bits per heavy atom. The van der Waals surface area contributed by atoms with Crippen molar-refractivity contribution in [3.63, 3.8) is 0 Å². The van der Waals surface area contributed by atoms with Crippen molar-refractivity contribution in [3.8, 4) is 0 Å². The number of hydrogen-bond acceptors (Lipinski definition) is 3. The number of aromatic nitrogens is 2. The van der Waals surface area contributed by atoms with Crippen LogP contribution in [0.4, 0.5) is 5.69 Å². The maximum Gasteiger partial charge on any atom is 0.259 e. The molecule has 110 valence electrons. The first kappa shape index (κ1) is 15.5. The maximum absolute atomic E-state index is 12.4. The molecule has 2 aromatic rings. The number of carbonyl (C=O) groups is 1. The van der Waals surface area contributed by atoms with Crippen molar-refractivity contribution < 1.29 is 4.79 Å². The summed E-state index contributed by atoms with van der Waals surface area (Å²) in [5.41, 5.74) is 7.98. The van der Waals surface area contributed by atoms with Crippen LogP contribution in [0.5, 0.6) is 0 Å². The first-order valence-electron chi connectivity index (χ1n) is 6.35. The Kier molecular flexibility index (Phi) is 4.59. The number of carbonyl (C=O) groups excluding carboxylic acids is 1. The Morgan fingerprint density at radius 2 is 2.19 bits per heavy atom. The van der Waals surface area contributed by atoms with Crippen molar-refractivity contribution in [1.82, 2.24) is 9.78 Å². The van der Waals surface area contributed by atoms with Crippen LogP contribution in [-0.2, 0) is 13.5 Å². The third kappa shape index (κ3) is 3.40. The molecule has 1 amide bonds. The fourth-order valence-electron chi connectivity index (χ4n) is 2.01. The van der Waals surface area contributed by atoms with Crippen LogP contribution in [-0.4, -0.2) is 20.7 Å². The van der Waals surface area contributed by atoms with Gasteiger partial charge in [-0.15, -0.1) is 0 Å². The van der Waals surface area contributed by atoms with Gasteiger partial charge >= 0.3 is 0 Å². The van der Waals surface area contributed by atoms with Gasteiger partial charge in [0.25, 0.3) is 5.91 Å². The molecule has 0 radical (unpaired) electrons. The average molecular weight is 323 g/mol. The second-order valence-electron chi connectivity index (χ2n) is 4.52. The van der Waals surface area contributed by atoms with E-state index in [1.807, 2.05) is 6.92 Å². The average Bonchev–Trinajstić information content (AvgIpc) is 2.79. The Bertz CT molecular complexity index is 711. The zero-order valence-corrected chi connectivity index (χ0v) is 13.3. The molecule has 1 aromatic heterocycles. The molecular formula is C14H15ClN4OS. The van der Waals surface area contributed by atoms with Crippen LogP contribution in [0.1, 0.15) is 28.5 Å². The highest BCUT2D eigenvalue weighted by molar-refractivity contribution is 7.80. The van der Waals surface area contributed by atoms with Gasteiger partial charge in [0, 0.05) is 23.8 Å². The first-order valence-corrected chi connectivity index (χ1v) is 7.14. The van der Waals surface area contributed by atoms with Crippen LogP contribution < -0.4 is 11.1 Å². The topological polar surface area (TPSA) is 72.9 Å². The lowest BCUT2D eigenvalue weighted by molar-refractivity contribution is 0.102. The van der Waals surface area contributed by atoms with Gasteiger partial charge in [0.2, 0.25) is 0 Å². The van der Waals surface area contributed by atoms with Crippen molar-refractivity contribution in [1.29, 1.82) is 0 Å². The zero-order chi connectivity index (χ0) is 15.6. The summed E-state index contributed by atoms with van der Waals surface area (Å²) < 4.78 is 1.61. The lowest BCUT2D eigenvalue weighted by atomic mass is 10.1. The summed E-state index contributed by atoms with van der Waals surface area (Å²) in [5, 5.41) is 7.53. The van der Waals surface area contributed by atoms with E-state index in [2.05, 4.69) is 10.4 Å². The summed E-state index contributed by atoms with van der Waals surface area (Å²) in [7, 11) is 1.77. The molecule has 0 spiro atoms. The van der Waals surface area contributed by atoms with Gasteiger partial charge in [-0.3, -0.25) is 9.48 Å². The molecule has 7 heteroatoms. The van der Waals surface area contributed by atoms with E-state index in [-0.39, 0.29) is 10.9 Å². The van der Waals surface area contributed by atoms with Crippen molar-refractivity contribution in [2.75, 3.05) is 5.32 Å². The highest BCUT2D eigenvalue weighted by Crippen LogP contribution is 2.22. The normalized spacial score (nSPS) is 10.4. The number of nitrogens with zero attached hydrogens (tertiary/aromatic N) is 2. The molecule has 1 aromatic carbocycles. The third-order valence-electron chi connectivity index (χ3n) is 2.98. The monoisotopic (exact) mass is 322 g/mol. The summed E-state index contributed by atoms with van der Waals surface area (Å²) in [6.07, 6.45) is 2.35. The fraction of sp³-hybridized carbons (Fsp3) is 0.214. The molecular weight excluding hydrogens is 308 g/mol. The molecule has 0 unspecified atom stereocenters. The lowest BCUT2D eigenvalue weighted by Crippen LogP contribution is -2.18. The zero-order valence-electron chi connectivity index (χ0n) is 11.7. The van der Waals surface area contributed by atoms with Crippen molar-refractivity contribution >= 4 is 40.4 Å². The third-order valence-corrected chi connectivity index (χ3v) is 3.44. The molecule has 0 atom stereocenters. The summed E-state index contributed by atoms with van der Waals surface area (Å²) in [4.78, 5) is 12.6. The van der Waals surface area contributed by atoms with Crippen LogP contribution >= 0.6 is 23.8 Å². The number of anilines is 1. The largest absolute Gasteiger partial charge is 0.389 e. The Labute approximate surface area is 133 Å². The van der Waals surface area contributed by atoms with E-state index < -0.39 is 0 Å². The van der Waals surface area contributed by atoms with Gasteiger partial charge in [-0.05, 0) is 24.6 Å². The smallest absolute Gasteiger partial charge is 0.259 e. The van der Waals surface area contributed by atoms with Gasteiger partial charge in [-0.2, -0.15) is 5.10 Å². The van der Waals surface area contributed by atoms with Crippen molar-refractivity contribution in [2.24, 2.45) is 12.8 Å². The van der Waals surface area contributed by atoms with E-state index in [1.165, 1.54) is 0 Å². The molecule has 0 aliphatic rings. The Balaban J connectivity index is 2.35. The number of hydrogen-bond donors (Lipinski definition) is 2. The summed E-state index contributed by atoms with van der Waals surface area (Å²) in [5.74, 6) is -0.264. The first-order chi connectivity index (χ1) is 9.92. The van der Waals surface area contributed by atoms with Gasteiger partial charge in [0.1, 0.15) is 4.99 Å². The van der Waals surface area contributed by atoms with E-state index in [1.54, 1.807) is 36.1 Å². The van der Waals surface area contributed by atoms with Crippen molar-refractivity contribution in [3.05, 3.63) is 46.2 Å². The Morgan fingerprint density at radius 3 is 2.81 bits per heavy atom. The molecule has 1 heterocycles. The van der Waals surface area contributed by atoms with Crippen LogP contribution in [0, 0.1) is 0 Å². The van der Waals surface area contributed by atoms with Gasteiger partial charge in [0.05, 0.1) is 16.9 Å². The molecule has 0 aliphatic carbocycles. The number of benzene rings is 1.